The van der Waals surface area contributed by atoms with Crippen LogP contribution in [0.25, 0.3) is 0 Å². The predicted molar refractivity (Wildman–Crippen MR) is 49.0 cm³/mol. The first-order chi connectivity index (χ1) is 6.45. The number of carbonyl (C=O) groups is 1. The quantitative estimate of drug-likeness (QED) is 0.778. The highest BCUT2D eigenvalue weighted by molar-refractivity contribution is 6.42. The second-order valence-electron chi connectivity index (χ2n) is 2.50. The minimum Gasteiger partial charge on any atom is -0.479 e. The lowest BCUT2D eigenvalue weighted by atomic mass is 10.1. The van der Waals surface area contributed by atoms with Crippen molar-refractivity contribution in [2.24, 2.45) is 0 Å². The molecule has 0 aromatic heterocycles. The average molecular weight is 239 g/mol. The highest BCUT2D eigenvalue weighted by Gasteiger charge is 2.24. The molecule has 1 atom stereocenters. The molecule has 1 aromatic carbocycles. The van der Waals surface area contributed by atoms with Gasteiger partial charge in [-0.05, 0) is 12.1 Å². The summed E-state index contributed by atoms with van der Waals surface area (Å²) < 4.78 is 13.1. The Hall–Kier alpha value is -0.840. The molecule has 3 nitrogen and oxygen atoms in total. The maximum Gasteiger partial charge on any atom is 0.337 e. The fourth-order valence-corrected chi connectivity index (χ4v) is 1.34. The van der Waals surface area contributed by atoms with Crippen molar-refractivity contribution < 1.29 is 19.4 Å². The van der Waals surface area contributed by atoms with Gasteiger partial charge in [0.05, 0.1) is 10.0 Å². The molecule has 14 heavy (non-hydrogen) atoms. The second kappa shape index (κ2) is 4.13. The molecule has 1 rings (SSSR count). The van der Waals surface area contributed by atoms with Crippen molar-refractivity contribution in [3.8, 4) is 0 Å². The number of hydrogen-bond acceptors (Lipinski definition) is 2. The van der Waals surface area contributed by atoms with E-state index in [9.17, 15) is 9.18 Å². The van der Waals surface area contributed by atoms with Crippen molar-refractivity contribution >= 4 is 29.2 Å². The van der Waals surface area contributed by atoms with E-state index in [0.29, 0.717) is 0 Å². The average Bonchev–Trinajstić information content (AvgIpc) is 2.12. The molecule has 1 aromatic rings. The zero-order chi connectivity index (χ0) is 10.9. The van der Waals surface area contributed by atoms with Crippen LogP contribution in [0.1, 0.15) is 11.7 Å². The molecule has 2 N–H and O–H groups in total. The third kappa shape index (κ3) is 1.97. The normalized spacial score (nSPS) is 12.6. The van der Waals surface area contributed by atoms with Gasteiger partial charge in [-0.15, -0.1) is 0 Å². The number of hydrogen-bond donors (Lipinski definition) is 2. The number of benzene rings is 1. The van der Waals surface area contributed by atoms with Crippen LogP contribution in [-0.4, -0.2) is 16.2 Å². The third-order valence-electron chi connectivity index (χ3n) is 1.59. The molecule has 0 unspecified atom stereocenters. The molecule has 0 aliphatic heterocycles. The molecule has 6 heteroatoms. The standard InChI is InChI=1S/C8H5Cl2FO3/c9-3-1-2-4(11)5(6(3)10)7(12)8(13)14/h1-2,7,12H,(H,13,14)/t7-/m0/s1. The Morgan fingerprint density at radius 3 is 2.50 bits per heavy atom. The smallest absolute Gasteiger partial charge is 0.337 e. The van der Waals surface area contributed by atoms with Crippen LogP contribution in [0.4, 0.5) is 4.39 Å². The summed E-state index contributed by atoms with van der Waals surface area (Å²) in [5, 5.41) is 17.3. The van der Waals surface area contributed by atoms with Gasteiger partial charge in [0.25, 0.3) is 0 Å². The fraction of sp³-hybridized carbons (Fsp3) is 0.125. The van der Waals surface area contributed by atoms with E-state index in [1.807, 2.05) is 0 Å². The Balaban J connectivity index is 3.32. The summed E-state index contributed by atoms with van der Waals surface area (Å²) in [5.41, 5.74) is -0.522. The Bertz CT molecular complexity index is 381. The van der Waals surface area contributed by atoms with Gasteiger partial charge in [0.15, 0.2) is 6.10 Å². The molecule has 0 heterocycles. The minimum atomic E-state index is -2.01. The van der Waals surface area contributed by atoms with Crippen molar-refractivity contribution in [2.45, 2.75) is 6.10 Å². The van der Waals surface area contributed by atoms with E-state index in [2.05, 4.69) is 0 Å². The van der Waals surface area contributed by atoms with Crippen molar-refractivity contribution in [3.05, 3.63) is 33.6 Å². The summed E-state index contributed by atoms with van der Waals surface area (Å²) in [4.78, 5) is 10.4. The van der Waals surface area contributed by atoms with E-state index in [1.54, 1.807) is 0 Å². The molecule has 0 aliphatic rings. The van der Waals surface area contributed by atoms with Gasteiger partial charge in [-0.25, -0.2) is 9.18 Å². The largest absolute Gasteiger partial charge is 0.479 e. The summed E-state index contributed by atoms with van der Waals surface area (Å²) in [7, 11) is 0. The van der Waals surface area contributed by atoms with Gasteiger partial charge in [0, 0.05) is 5.56 Å². The van der Waals surface area contributed by atoms with Crippen molar-refractivity contribution in [3.63, 3.8) is 0 Å². The van der Waals surface area contributed by atoms with Crippen molar-refractivity contribution in [1.29, 1.82) is 0 Å². The first-order valence-electron chi connectivity index (χ1n) is 3.49. The second-order valence-corrected chi connectivity index (χ2v) is 3.28. The number of aliphatic hydroxyl groups is 1. The number of halogens is 3. The van der Waals surface area contributed by atoms with Gasteiger partial charge in [-0.3, -0.25) is 0 Å². The van der Waals surface area contributed by atoms with Gasteiger partial charge in [-0.2, -0.15) is 0 Å². The first kappa shape index (κ1) is 11.2. The van der Waals surface area contributed by atoms with Crippen LogP contribution in [0.5, 0.6) is 0 Å². The van der Waals surface area contributed by atoms with Crippen LogP contribution in [0.15, 0.2) is 12.1 Å². The molecule has 0 bridgehead atoms. The number of carboxylic acids is 1. The molecule has 0 saturated heterocycles. The molecule has 0 aliphatic carbocycles. The Kier molecular flexibility index (Phi) is 3.31. The third-order valence-corrected chi connectivity index (χ3v) is 2.41. The molecule has 0 radical (unpaired) electrons. The van der Waals surface area contributed by atoms with Crippen LogP contribution in [0, 0.1) is 5.82 Å². The number of aliphatic carboxylic acids is 1. The topological polar surface area (TPSA) is 57.5 Å². The van der Waals surface area contributed by atoms with Crippen LogP contribution >= 0.6 is 23.2 Å². The number of aliphatic hydroxyl groups excluding tert-OH is 1. The lowest BCUT2D eigenvalue weighted by molar-refractivity contribution is -0.147. The Morgan fingerprint density at radius 1 is 1.43 bits per heavy atom. The zero-order valence-corrected chi connectivity index (χ0v) is 8.18. The lowest BCUT2D eigenvalue weighted by Gasteiger charge is -2.09. The number of rotatable bonds is 2. The summed E-state index contributed by atoms with van der Waals surface area (Å²) in [6.45, 7) is 0. The first-order valence-corrected chi connectivity index (χ1v) is 4.25. The van der Waals surface area contributed by atoms with E-state index in [4.69, 9.17) is 33.4 Å². The summed E-state index contributed by atoms with van der Waals surface area (Å²) in [6.07, 6.45) is -2.01. The SMILES string of the molecule is O=C(O)[C@@H](O)c1c(F)ccc(Cl)c1Cl. The molecular weight excluding hydrogens is 234 g/mol. The monoisotopic (exact) mass is 238 g/mol. The van der Waals surface area contributed by atoms with Gasteiger partial charge >= 0.3 is 5.97 Å². The molecular formula is C8H5Cl2FO3. The van der Waals surface area contributed by atoms with E-state index in [1.165, 1.54) is 6.07 Å². The van der Waals surface area contributed by atoms with Gasteiger partial charge in [-0.1, -0.05) is 23.2 Å². The summed E-state index contributed by atoms with van der Waals surface area (Å²) >= 11 is 11.1. The van der Waals surface area contributed by atoms with Crippen LogP contribution in [0.2, 0.25) is 10.0 Å². The van der Waals surface area contributed by atoms with Gasteiger partial charge < -0.3 is 10.2 Å². The Labute approximate surface area is 88.7 Å². The zero-order valence-electron chi connectivity index (χ0n) is 6.67. The molecule has 76 valence electrons. The molecule has 0 spiro atoms. The van der Waals surface area contributed by atoms with E-state index >= 15 is 0 Å². The fourth-order valence-electron chi connectivity index (χ4n) is 0.917. The Morgan fingerprint density at radius 2 is 2.00 bits per heavy atom. The predicted octanol–water partition coefficient (Wildman–Crippen LogP) is 2.25. The van der Waals surface area contributed by atoms with Crippen molar-refractivity contribution in [1.82, 2.24) is 0 Å². The van der Waals surface area contributed by atoms with Crippen LogP contribution in [0.3, 0.4) is 0 Å². The van der Waals surface area contributed by atoms with Crippen LogP contribution in [-0.2, 0) is 4.79 Å². The summed E-state index contributed by atoms with van der Waals surface area (Å²) in [5.74, 6) is -2.50. The molecule has 0 fully saturated rings. The highest BCUT2D eigenvalue weighted by Crippen LogP contribution is 2.32. The highest BCUT2D eigenvalue weighted by atomic mass is 35.5. The van der Waals surface area contributed by atoms with Crippen molar-refractivity contribution in [2.75, 3.05) is 0 Å². The lowest BCUT2D eigenvalue weighted by Crippen LogP contribution is -2.12. The maximum absolute atomic E-state index is 13.1. The summed E-state index contributed by atoms with van der Waals surface area (Å²) in [6, 6.07) is 2.12. The molecule has 0 saturated carbocycles. The van der Waals surface area contributed by atoms with Gasteiger partial charge in [0.2, 0.25) is 0 Å². The minimum absolute atomic E-state index is 0.0108. The number of carboxylic acid groups (broad SMARTS) is 1. The molecule has 0 amide bonds. The van der Waals surface area contributed by atoms with E-state index in [0.717, 1.165) is 6.07 Å². The van der Waals surface area contributed by atoms with E-state index < -0.39 is 23.5 Å². The maximum atomic E-state index is 13.1. The van der Waals surface area contributed by atoms with Gasteiger partial charge in [0.1, 0.15) is 5.82 Å². The van der Waals surface area contributed by atoms with E-state index in [-0.39, 0.29) is 10.0 Å². The van der Waals surface area contributed by atoms with Crippen LogP contribution < -0.4 is 0 Å².